The molecule has 2 N–H and O–H groups in total. The van der Waals surface area contributed by atoms with Crippen molar-refractivity contribution in [3.63, 3.8) is 0 Å². The van der Waals surface area contributed by atoms with Gasteiger partial charge in [0.1, 0.15) is 0 Å². The van der Waals surface area contributed by atoms with Crippen LogP contribution in [0.5, 0.6) is 0 Å². The van der Waals surface area contributed by atoms with Gasteiger partial charge in [0.2, 0.25) is 5.91 Å². The Hall–Kier alpha value is -0.520. The Balaban J connectivity index is 1.79. The zero-order chi connectivity index (χ0) is 13.7. The van der Waals surface area contributed by atoms with Crippen molar-refractivity contribution in [1.82, 2.24) is 10.6 Å². The van der Waals surface area contributed by atoms with E-state index in [1.165, 1.54) is 10.5 Å². The molecule has 1 heterocycles. The van der Waals surface area contributed by atoms with Crippen LogP contribution in [-0.4, -0.2) is 30.8 Å². The van der Waals surface area contributed by atoms with E-state index < -0.39 is 0 Å². The number of hydrogen-bond acceptors (Lipinski definition) is 3. The molecule has 0 unspecified atom stereocenters. The molecule has 2 rings (SSSR count). The molecule has 0 saturated carbocycles. The molecular formula is C14H19BrN2OS. The van der Waals surface area contributed by atoms with Crippen molar-refractivity contribution in [3.05, 3.63) is 28.2 Å². The van der Waals surface area contributed by atoms with Crippen LogP contribution in [0.4, 0.5) is 0 Å². The van der Waals surface area contributed by atoms with Crippen molar-refractivity contribution in [2.24, 2.45) is 0 Å². The molecule has 1 fully saturated rings. The minimum Gasteiger partial charge on any atom is -0.351 e. The summed E-state index contributed by atoms with van der Waals surface area (Å²) in [5.74, 6) is 0.611. The number of carbonyl (C=O) groups is 1. The fraction of sp³-hybridized carbons (Fsp3) is 0.500. The molecule has 5 heteroatoms. The number of halogens is 1. The molecule has 0 aromatic heterocycles. The van der Waals surface area contributed by atoms with Crippen LogP contribution in [0, 0.1) is 6.92 Å². The maximum Gasteiger partial charge on any atom is 0.230 e. The molecule has 0 bridgehead atoms. The van der Waals surface area contributed by atoms with Gasteiger partial charge in [0.05, 0.1) is 5.75 Å². The zero-order valence-corrected chi connectivity index (χ0v) is 13.4. The van der Waals surface area contributed by atoms with Crippen LogP contribution in [0.3, 0.4) is 0 Å². The van der Waals surface area contributed by atoms with E-state index in [1.54, 1.807) is 11.8 Å². The fourth-order valence-corrected chi connectivity index (χ4v) is 3.46. The average molecular weight is 343 g/mol. The van der Waals surface area contributed by atoms with Gasteiger partial charge in [0.15, 0.2) is 0 Å². The second-order valence-corrected chi connectivity index (χ2v) is 6.74. The number of carbonyl (C=O) groups excluding carboxylic acids is 1. The highest BCUT2D eigenvalue weighted by atomic mass is 79.9. The normalized spacial score (nSPS) is 19.2. The summed E-state index contributed by atoms with van der Waals surface area (Å²) in [4.78, 5) is 13.1. The van der Waals surface area contributed by atoms with Crippen LogP contribution in [0.2, 0.25) is 0 Å². The first-order valence-electron chi connectivity index (χ1n) is 6.54. The topological polar surface area (TPSA) is 41.1 Å². The number of benzene rings is 1. The summed E-state index contributed by atoms with van der Waals surface area (Å²) in [6.07, 6.45) is 2.23. The largest absolute Gasteiger partial charge is 0.351 e. The molecule has 104 valence electrons. The number of thioether (sulfide) groups is 1. The Morgan fingerprint density at radius 1 is 1.58 bits per heavy atom. The van der Waals surface area contributed by atoms with E-state index in [0.29, 0.717) is 11.8 Å². The van der Waals surface area contributed by atoms with Gasteiger partial charge in [-0.2, -0.15) is 0 Å². The van der Waals surface area contributed by atoms with Gasteiger partial charge in [-0.25, -0.2) is 0 Å². The second-order valence-electron chi connectivity index (χ2n) is 4.81. The summed E-state index contributed by atoms with van der Waals surface area (Å²) in [7, 11) is 0. The minimum absolute atomic E-state index is 0.126. The summed E-state index contributed by atoms with van der Waals surface area (Å²) >= 11 is 5.05. The minimum atomic E-state index is 0.126. The smallest absolute Gasteiger partial charge is 0.230 e. The third-order valence-electron chi connectivity index (χ3n) is 3.16. The molecule has 1 amide bonds. The molecule has 1 aromatic carbocycles. The highest BCUT2D eigenvalue weighted by molar-refractivity contribution is 9.10. The van der Waals surface area contributed by atoms with Gasteiger partial charge in [0, 0.05) is 22.0 Å². The van der Waals surface area contributed by atoms with E-state index in [0.717, 1.165) is 30.4 Å². The predicted molar refractivity (Wildman–Crippen MR) is 83.6 cm³/mol. The van der Waals surface area contributed by atoms with Crippen LogP contribution in [0.25, 0.3) is 0 Å². The van der Waals surface area contributed by atoms with Gasteiger partial charge >= 0.3 is 0 Å². The number of nitrogens with one attached hydrogen (secondary N) is 2. The van der Waals surface area contributed by atoms with E-state index in [2.05, 4.69) is 45.6 Å². The van der Waals surface area contributed by atoms with Crippen molar-refractivity contribution < 1.29 is 4.79 Å². The Bertz CT molecular complexity index is 447. The SMILES string of the molecule is Cc1cc(Br)ccc1SCC(=O)N[C@H]1CCCNC1. The van der Waals surface area contributed by atoms with E-state index in [-0.39, 0.29) is 5.91 Å². The molecule has 19 heavy (non-hydrogen) atoms. The number of piperidine rings is 1. The lowest BCUT2D eigenvalue weighted by Gasteiger charge is -2.23. The Morgan fingerprint density at radius 2 is 2.42 bits per heavy atom. The van der Waals surface area contributed by atoms with Gasteiger partial charge in [-0.1, -0.05) is 15.9 Å². The standard InChI is InChI=1S/C14H19BrN2OS/c1-10-7-11(15)4-5-13(10)19-9-14(18)17-12-3-2-6-16-8-12/h4-5,7,12,16H,2-3,6,8-9H2,1H3,(H,17,18)/t12-/m0/s1. The Morgan fingerprint density at radius 3 is 3.11 bits per heavy atom. The van der Waals surface area contributed by atoms with E-state index in [1.807, 2.05) is 6.07 Å². The third-order valence-corrected chi connectivity index (χ3v) is 4.83. The summed E-state index contributed by atoms with van der Waals surface area (Å²) < 4.78 is 1.08. The number of rotatable bonds is 4. The molecule has 1 aromatic rings. The first-order chi connectivity index (χ1) is 9.15. The monoisotopic (exact) mass is 342 g/mol. The summed E-state index contributed by atoms with van der Waals surface area (Å²) in [6, 6.07) is 6.44. The molecule has 1 saturated heterocycles. The Labute approximate surface area is 127 Å². The van der Waals surface area contributed by atoms with Crippen molar-refractivity contribution in [2.45, 2.75) is 30.7 Å². The zero-order valence-electron chi connectivity index (χ0n) is 11.0. The van der Waals surface area contributed by atoms with Crippen molar-refractivity contribution >= 4 is 33.6 Å². The summed E-state index contributed by atoms with van der Waals surface area (Å²) in [6.45, 7) is 4.03. The lowest BCUT2D eigenvalue weighted by molar-refractivity contribution is -0.119. The lowest BCUT2D eigenvalue weighted by Crippen LogP contribution is -2.46. The van der Waals surface area contributed by atoms with E-state index >= 15 is 0 Å². The highest BCUT2D eigenvalue weighted by Crippen LogP contribution is 2.25. The number of amides is 1. The first kappa shape index (κ1) is 14.9. The summed E-state index contributed by atoms with van der Waals surface area (Å²) in [5, 5.41) is 6.39. The summed E-state index contributed by atoms with van der Waals surface area (Å²) in [5.41, 5.74) is 1.20. The lowest BCUT2D eigenvalue weighted by atomic mass is 10.1. The predicted octanol–water partition coefficient (Wildman–Crippen LogP) is 2.72. The molecule has 1 aliphatic rings. The number of aryl methyl sites for hydroxylation is 1. The van der Waals surface area contributed by atoms with Crippen molar-refractivity contribution in [3.8, 4) is 0 Å². The van der Waals surface area contributed by atoms with Gasteiger partial charge < -0.3 is 10.6 Å². The fourth-order valence-electron chi connectivity index (χ4n) is 2.16. The average Bonchev–Trinajstić information content (AvgIpc) is 2.39. The highest BCUT2D eigenvalue weighted by Gasteiger charge is 2.15. The van der Waals surface area contributed by atoms with Crippen LogP contribution < -0.4 is 10.6 Å². The van der Waals surface area contributed by atoms with Crippen molar-refractivity contribution in [2.75, 3.05) is 18.8 Å². The van der Waals surface area contributed by atoms with Gasteiger partial charge in [-0.3, -0.25) is 4.79 Å². The van der Waals surface area contributed by atoms with Crippen LogP contribution in [0.1, 0.15) is 18.4 Å². The van der Waals surface area contributed by atoms with Crippen LogP contribution >= 0.6 is 27.7 Å². The molecule has 0 aliphatic carbocycles. The van der Waals surface area contributed by atoms with Crippen molar-refractivity contribution in [1.29, 1.82) is 0 Å². The van der Waals surface area contributed by atoms with E-state index in [9.17, 15) is 4.79 Å². The molecule has 3 nitrogen and oxygen atoms in total. The van der Waals surface area contributed by atoms with Crippen LogP contribution in [0.15, 0.2) is 27.6 Å². The molecule has 0 spiro atoms. The van der Waals surface area contributed by atoms with E-state index in [4.69, 9.17) is 0 Å². The maximum absolute atomic E-state index is 11.9. The molecular weight excluding hydrogens is 324 g/mol. The Kier molecular flexibility index (Phi) is 5.73. The van der Waals surface area contributed by atoms with Gasteiger partial charge in [-0.15, -0.1) is 11.8 Å². The maximum atomic E-state index is 11.9. The number of hydrogen-bond donors (Lipinski definition) is 2. The molecule has 1 aliphatic heterocycles. The molecule has 0 radical (unpaired) electrons. The van der Waals surface area contributed by atoms with Gasteiger partial charge in [-0.05, 0) is 50.1 Å². The van der Waals surface area contributed by atoms with Crippen LogP contribution in [-0.2, 0) is 4.79 Å². The molecule has 1 atom stereocenters. The first-order valence-corrected chi connectivity index (χ1v) is 8.32. The quantitative estimate of drug-likeness (QED) is 0.826. The van der Waals surface area contributed by atoms with Gasteiger partial charge in [0.25, 0.3) is 0 Å². The second kappa shape index (κ2) is 7.31. The third kappa shape index (κ3) is 4.82.